The van der Waals surface area contributed by atoms with E-state index in [1.807, 2.05) is 30.3 Å². The van der Waals surface area contributed by atoms with Gasteiger partial charge in [-0.05, 0) is 24.4 Å². The fourth-order valence-corrected chi connectivity index (χ4v) is 4.10. The Balaban J connectivity index is 2.02. The van der Waals surface area contributed by atoms with Gasteiger partial charge in [-0.2, -0.15) is 0 Å². The van der Waals surface area contributed by atoms with Crippen LogP contribution in [0.15, 0.2) is 30.3 Å². The summed E-state index contributed by atoms with van der Waals surface area (Å²) in [5.41, 5.74) is 3.65. The summed E-state index contributed by atoms with van der Waals surface area (Å²) in [6.07, 6.45) is 0.671. The Labute approximate surface area is 197 Å². The molecule has 2 N–H and O–H groups in total. The number of urea groups is 1. The Bertz CT molecular complexity index is 771. The molecule has 2 rings (SSSR count). The SMILES string of the molecule is COC(=O)CCCC(=O)N1C[C@@H](OCOCC[Si](C)(C)C)[C@@H](Cc2ccccc2)NC(=O)N1. The third-order valence-electron chi connectivity index (χ3n) is 5.32. The molecular weight excluding hydrogens is 442 g/mol. The molecule has 1 aliphatic rings. The summed E-state index contributed by atoms with van der Waals surface area (Å²) in [5, 5.41) is 4.19. The number of nitrogens with zero attached hydrogens (tertiary/aromatic N) is 1. The van der Waals surface area contributed by atoms with Crippen molar-refractivity contribution in [2.75, 3.05) is 27.1 Å². The van der Waals surface area contributed by atoms with Gasteiger partial charge in [0.15, 0.2) is 0 Å². The van der Waals surface area contributed by atoms with E-state index in [9.17, 15) is 14.4 Å². The third kappa shape index (κ3) is 10.4. The van der Waals surface area contributed by atoms with Gasteiger partial charge in [-0.25, -0.2) is 15.2 Å². The van der Waals surface area contributed by atoms with Gasteiger partial charge < -0.3 is 19.5 Å². The van der Waals surface area contributed by atoms with Gasteiger partial charge in [-0.1, -0.05) is 50.0 Å². The van der Waals surface area contributed by atoms with Crippen LogP contribution >= 0.6 is 0 Å². The number of hydrazine groups is 1. The summed E-state index contributed by atoms with van der Waals surface area (Å²) in [4.78, 5) is 36.5. The summed E-state index contributed by atoms with van der Waals surface area (Å²) in [6.45, 7) is 7.72. The number of amides is 3. The van der Waals surface area contributed by atoms with Crippen LogP contribution in [0.3, 0.4) is 0 Å². The Hall–Kier alpha value is -2.43. The Kier molecular flexibility index (Phi) is 10.8. The second-order valence-electron chi connectivity index (χ2n) is 9.36. The zero-order chi connectivity index (χ0) is 24.3. The van der Waals surface area contributed by atoms with E-state index in [2.05, 4.69) is 35.1 Å². The van der Waals surface area contributed by atoms with Crippen LogP contribution in [0.25, 0.3) is 0 Å². The summed E-state index contributed by atoms with van der Waals surface area (Å²) in [5.74, 6) is -0.661. The van der Waals surface area contributed by atoms with Gasteiger partial charge in [0, 0.05) is 27.5 Å². The fourth-order valence-electron chi connectivity index (χ4n) is 3.35. The van der Waals surface area contributed by atoms with Crippen LogP contribution in [0.4, 0.5) is 4.79 Å². The molecule has 1 heterocycles. The van der Waals surface area contributed by atoms with E-state index in [0.29, 0.717) is 19.4 Å². The second kappa shape index (κ2) is 13.3. The molecule has 2 atom stereocenters. The highest BCUT2D eigenvalue weighted by atomic mass is 28.3. The van der Waals surface area contributed by atoms with Crippen LogP contribution in [0.5, 0.6) is 0 Å². The van der Waals surface area contributed by atoms with Gasteiger partial charge in [-0.15, -0.1) is 0 Å². The normalized spacial score (nSPS) is 18.8. The summed E-state index contributed by atoms with van der Waals surface area (Å²) >= 11 is 0. The number of nitrogens with one attached hydrogen (secondary N) is 2. The summed E-state index contributed by atoms with van der Waals surface area (Å²) in [7, 11) is 0.0994. The van der Waals surface area contributed by atoms with Gasteiger partial charge in [0.2, 0.25) is 5.91 Å². The van der Waals surface area contributed by atoms with Gasteiger partial charge in [-0.3, -0.25) is 9.59 Å². The zero-order valence-corrected chi connectivity index (χ0v) is 21.1. The van der Waals surface area contributed by atoms with Crippen molar-refractivity contribution in [3.8, 4) is 0 Å². The quantitative estimate of drug-likeness (QED) is 0.207. The molecule has 0 spiro atoms. The highest BCUT2D eigenvalue weighted by molar-refractivity contribution is 6.76. The van der Waals surface area contributed by atoms with Crippen molar-refractivity contribution >= 4 is 26.0 Å². The van der Waals surface area contributed by atoms with Gasteiger partial charge in [0.25, 0.3) is 0 Å². The Morgan fingerprint density at radius 1 is 1.15 bits per heavy atom. The first-order chi connectivity index (χ1) is 15.7. The van der Waals surface area contributed by atoms with Crippen LogP contribution in [0, 0.1) is 0 Å². The molecule has 1 fully saturated rings. The lowest BCUT2D eigenvalue weighted by atomic mass is 10.0. The van der Waals surface area contributed by atoms with Gasteiger partial charge in [0.05, 0.1) is 19.7 Å². The number of esters is 1. The van der Waals surface area contributed by atoms with Crippen molar-refractivity contribution in [3.63, 3.8) is 0 Å². The van der Waals surface area contributed by atoms with E-state index < -0.39 is 20.2 Å². The lowest BCUT2D eigenvalue weighted by molar-refractivity contribution is -0.142. The number of hydrogen-bond donors (Lipinski definition) is 2. The molecule has 1 aromatic rings. The number of benzene rings is 1. The first-order valence-corrected chi connectivity index (χ1v) is 15.1. The van der Waals surface area contributed by atoms with Crippen molar-refractivity contribution in [1.82, 2.24) is 15.8 Å². The van der Waals surface area contributed by atoms with Crippen molar-refractivity contribution in [2.45, 2.75) is 63.5 Å². The molecule has 3 amide bonds. The predicted octanol–water partition coefficient (Wildman–Crippen LogP) is 2.69. The number of ether oxygens (including phenoxy) is 3. The highest BCUT2D eigenvalue weighted by Crippen LogP contribution is 2.14. The molecule has 0 radical (unpaired) electrons. The van der Waals surface area contributed by atoms with Crippen molar-refractivity contribution in [2.24, 2.45) is 0 Å². The Morgan fingerprint density at radius 2 is 1.88 bits per heavy atom. The average molecular weight is 480 g/mol. The van der Waals surface area contributed by atoms with Crippen LogP contribution in [0.1, 0.15) is 24.8 Å². The maximum absolute atomic E-state index is 12.7. The number of rotatable bonds is 12. The van der Waals surface area contributed by atoms with Crippen molar-refractivity contribution in [3.05, 3.63) is 35.9 Å². The lowest BCUT2D eigenvalue weighted by Gasteiger charge is -2.27. The molecule has 0 aromatic heterocycles. The van der Waals surface area contributed by atoms with E-state index in [-0.39, 0.29) is 44.1 Å². The van der Waals surface area contributed by atoms with Gasteiger partial charge in [0.1, 0.15) is 12.9 Å². The van der Waals surface area contributed by atoms with Crippen LogP contribution in [-0.4, -0.2) is 70.2 Å². The topological polar surface area (TPSA) is 106 Å². The van der Waals surface area contributed by atoms with E-state index in [0.717, 1.165) is 11.6 Å². The van der Waals surface area contributed by atoms with E-state index >= 15 is 0 Å². The maximum Gasteiger partial charge on any atom is 0.333 e. The maximum atomic E-state index is 12.7. The van der Waals surface area contributed by atoms with Crippen LogP contribution < -0.4 is 10.7 Å². The number of carbonyl (C=O) groups is 3. The zero-order valence-electron chi connectivity index (χ0n) is 20.1. The third-order valence-corrected chi connectivity index (χ3v) is 7.03. The minimum absolute atomic E-state index is 0.0840. The fraction of sp³-hybridized carbons (Fsp3) is 0.609. The first kappa shape index (κ1) is 26.8. The van der Waals surface area contributed by atoms with Gasteiger partial charge >= 0.3 is 12.0 Å². The molecule has 0 bridgehead atoms. The number of methoxy groups -OCH3 is 1. The first-order valence-electron chi connectivity index (χ1n) is 11.4. The minimum atomic E-state index is -1.21. The Morgan fingerprint density at radius 3 is 2.55 bits per heavy atom. The van der Waals surface area contributed by atoms with E-state index in [4.69, 9.17) is 9.47 Å². The van der Waals surface area contributed by atoms with Crippen molar-refractivity contribution < 1.29 is 28.6 Å². The molecule has 0 saturated carbocycles. The molecule has 10 heteroatoms. The standard InChI is InChI=1S/C23H37N3O6Si/c1-30-22(28)12-8-11-21(27)26-16-20(32-17-31-13-14-33(2,3)4)19(24-23(29)25-26)15-18-9-6-5-7-10-18/h5-7,9-10,19-20H,8,11-17H2,1-4H3,(H2,24,25,29)/t19-,20-/m1/s1. The molecule has 184 valence electrons. The highest BCUT2D eigenvalue weighted by Gasteiger charge is 2.33. The van der Waals surface area contributed by atoms with E-state index in [1.165, 1.54) is 12.1 Å². The molecule has 1 aliphatic heterocycles. The smallest absolute Gasteiger partial charge is 0.333 e. The lowest BCUT2D eigenvalue weighted by Crippen LogP contribution is -2.48. The largest absolute Gasteiger partial charge is 0.469 e. The summed E-state index contributed by atoms with van der Waals surface area (Å²) in [6, 6.07) is 10.0. The molecule has 1 saturated heterocycles. The molecular formula is C23H37N3O6Si. The average Bonchev–Trinajstić information content (AvgIpc) is 2.91. The van der Waals surface area contributed by atoms with Crippen LogP contribution in [-0.2, 0) is 30.2 Å². The summed E-state index contributed by atoms with van der Waals surface area (Å²) < 4.78 is 16.3. The monoisotopic (exact) mass is 479 g/mol. The second-order valence-corrected chi connectivity index (χ2v) is 15.0. The minimum Gasteiger partial charge on any atom is -0.469 e. The van der Waals surface area contributed by atoms with E-state index in [1.54, 1.807) is 0 Å². The predicted molar refractivity (Wildman–Crippen MR) is 127 cm³/mol. The number of hydrogen-bond acceptors (Lipinski definition) is 6. The molecule has 33 heavy (non-hydrogen) atoms. The number of carbonyl (C=O) groups excluding carboxylic acids is 3. The molecule has 0 unspecified atom stereocenters. The molecule has 9 nitrogen and oxygen atoms in total. The molecule has 1 aromatic carbocycles. The van der Waals surface area contributed by atoms with Crippen LogP contribution in [0.2, 0.25) is 25.7 Å². The molecule has 0 aliphatic carbocycles. The van der Waals surface area contributed by atoms with Crippen molar-refractivity contribution in [1.29, 1.82) is 0 Å².